The minimum Gasteiger partial charge on any atom is -0.380 e. The Hall–Kier alpha value is -1.08. The van der Waals surface area contributed by atoms with Gasteiger partial charge in [-0.1, -0.05) is 12.1 Å². The molecule has 1 aliphatic heterocycles. The lowest BCUT2D eigenvalue weighted by Gasteiger charge is -2.24. The van der Waals surface area contributed by atoms with Crippen molar-refractivity contribution in [1.29, 1.82) is 0 Å². The lowest BCUT2D eigenvalue weighted by atomic mass is 10.1. The Morgan fingerprint density at radius 1 is 1.26 bits per heavy atom. The topological polar surface area (TPSA) is 80.3 Å². The third-order valence-corrected chi connectivity index (χ3v) is 6.09. The normalized spacial score (nSPS) is 22.9. The highest BCUT2D eigenvalue weighted by atomic mass is 32.2. The van der Waals surface area contributed by atoms with Crippen LogP contribution in [0.4, 0.5) is 5.69 Å². The lowest BCUT2D eigenvalue weighted by Crippen LogP contribution is -2.35. The van der Waals surface area contributed by atoms with E-state index in [1.807, 2.05) is 0 Å². The maximum Gasteiger partial charge on any atom is 0.177 e. The minimum atomic E-state index is -3.32. The Morgan fingerprint density at radius 3 is 2.58 bits per heavy atom. The van der Waals surface area contributed by atoms with Gasteiger partial charge in [-0.25, -0.2) is 16.8 Å². The quantitative estimate of drug-likeness (QED) is 0.903. The zero-order valence-electron chi connectivity index (χ0n) is 10.7. The number of anilines is 1. The largest absolute Gasteiger partial charge is 0.380 e. The van der Waals surface area contributed by atoms with E-state index in [0.29, 0.717) is 12.1 Å². The average Bonchev–Trinajstić information content (AvgIpc) is 2.26. The highest BCUT2D eigenvalue weighted by molar-refractivity contribution is 7.91. The summed E-state index contributed by atoms with van der Waals surface area (Å²) in [4.78, 5) is 0.206. The monoisotopic (exact) mass is 303 g/mol. The fourth-order valence-electron chi connectivity index (χ4n) is 2.27. The second kappa shape index (κ2) is 5.13. The van der Waals surface area contributed by atoms with Gasteiger partial charge < -0.3 is 5.32 Å². The van der Waals surface area contributed by atoms with Crippen molar-refractivity contribution in [1.82, 2.24) is 0 Å². The number of benzene rings is 1. The number of rotatable bonds is 3. The summed E-state index contributed by atoms with van der Waals surface area (Å²) in [5.41, 5.74) is 0.479. The molecule has 7 heteroatoms. The van der Waals surface area contributed by atoms with Crippen molar-refractivity contribution in [3.8, 4) is 0 Å². The van der Waals surface area contributed by atoms with Crippen LogP contribution in [0.15, 0.2) is 29.2 Å². The average molecular weight is 303 g/mol. The molecule has 0 saturated carbocycles. The van der Waals surface area contributed by atoms with Crippen LogP contribution in [-0.4, -0.2) is 40.6 Å². The molecule has 1 heterocycles. The van der Waals surface area contributed by atoms with Gasteiger partial charge in [0.05, 0.1) is 22.1 Å². The molecule has 19 heavy (non-hydrogen) atoms. The van der Waals surface area contributed by atoms with E-state index in [-0.39, 0.29) is 22.4 Å². The van der Waals surface area contributed by atoms with Crippen LogP contribution in [-0.2, 0) is 19.7 Å². The third kappa shape index (κ3) is 3.70. The maximum atomic E-state index is 11.7. The summed E-state index contributed by atoms with van der Waals surface area (Å²) in [6.45, 7) is 0. The first-order valence-corrected chi connectivity index (χ1v) is 9.75. The summed E-state index contributed by atoms with van der Waals surface area (Å²) in [6, 6.07) is 6.35. The van der Waals surface area contributed by atoms with Crippen molar-refractivity contribution in [2.24, 2.45) is 0 Å². The van der Waals surface area contributed by atoms with Crippen LogP contribution in [0.2, 0.25) is 0 Å². The minimum absolute atomic E-state index is 0.0606. The molecule has 0 radical (unpaired) electrons. The fraction of sp³-hybridized carbons (Fsp3) is 0.500. The van der Waals surface area contributed by atoms with E-state index in [0.717, 1.165) is 12.7 Å². The van der Waals surface area contributed by atoms with Crippen LogP contribution in [0.5, 0.6) is 0 Å². The first-order valence-electron chi connectivity index (χ1n) is 6.04. The Balaban J connectivity index is 2.25. The molecular formula is C12H17NO4S2. The van der Waals surface area contributed by atoms with E-state index in [9.17, 15) is 16.8 Å². The predicted molar refractivity (Wildman–Crippen MR) is 74.9 cm³/mol. The van der Waals surface area contributed by atoms with Crippen molar-refractivity contribution in [2.45, 2.75) is 23.8 Å². The molecule has 106 valence electrons. The third-order valence-electron chi connectivity index (χ3n) is 3.11. The summed E-state index contributed by atoms with van der Waals surface area (Å²) < 4.78 is 46.5. The molecule has 1 fully saturated rings. The van der Waals surface area contributed by atoms with Crippen LogP contribution in [0, 0.1) is 0 Å². The molecule has 0 amide bonds. The molecule has 2 rings (SSSR count). The Kier molecular flexibility index (Phi) is 3.87. The number of sulfone groups is 2. The van der Waals surface area contributed by atoms with Crippen molar-refractivity contribution in [3.05, 3.63) is 24.3 Å². The van der Waals surface area contributed by atoms with Gasteiger partial charge in [0.1, 0.15) is 0 Å². The van der Waals surface area contributed by atoms with E-state index in [1.54, 1.807) is 18.2 Å². The van der Waals surface area contributed by atoms with Gasteiger partial charge in [0.25, 0.3) is 0 Å². The van der Waals surface area contributed by atoms with Crippen LogP contribution in [0.3, 0.4) is 0 Å². The molecule has 0 aromatic heterocycles. The number of hydrogen-bond acceptors (Lipinski definition) is 5. The van der Waals surface area contributed by atoms with Gasteiger partial charge in [-0.3, -0.25) is 0 Å². The molecular weight excluding hydrogens is 286 g/mol. The molecule has 1 N–H and O–H groups in total. The van der Waals surface area contributed by atoms with Gasteiger partial charge in [-0.05, 0) is 25.0 Å². The van der Waals surface area contributed by atoms with Gasteiger partial charge >= 0.3 is 0 Å². The van der Waals surface area contributed by atoms with Crippen molar-refractivity contribution in [2.75, 3.05) is 23.1 Å². The lowest BCUT2D eigenvalue weighted by molar-refractivity contribution is 0.561. The number of para-hydroxylation sites is 1. The second-order valence-corrected chi connectivity index (χ2v) is 9.08. The Labute approximate surface area is 113 Å². The fourth-order valence-corrected chi connectivity index (χ4v) is 4.75. The summed E-state index contributed by atoms with van der Waals surface area (Å²) in [6.07, 6.45) is 2.49. The summed E-state index contributed by atoms with van der Waals surface area (Å²) in [5.74, 6) is 0.282. The molecule has 0 aliphatic carbocycles. The summed E-state index contributed by atoms with van der Waals surface area (Å²) in [5, 5.41) is 3.05. The van der Waals surface area contributed by atoms with E-state index in [4.69, 9.17) is 0 Å². The van der Waals surface area contributed by atoms with Crippen molar-refractivity contribution >= 4 is 25.4 Å². The van der Waals surface area contributed by atoms with Gasteiger partial charge in [0, 0.05) is 12.3 Å². The molecule has 1 atom stereocenters. The van der Waals surface area contributed by atoms with Crippen molar-refractivity contribution < 1.29 is 16.8 Å². The van der Waals surface area contributed by atoms with E-state index >= 15 is 0 Å². The highest BCUT2D eigenvalue weighted by Gasteiger charge is 2.25. The van der Waals surface area contributed by atoms with Crippen LogP contribution < -0.4 is 5.32 Å². The van der Waals surface area contributed by atoms with Crippen LogP contribution in [0.1, 0.15) is 12.8 Å². The SMILES string of the molecule is CS(=O)(=O)c1ccccc1NC1CCCS(=O)(=O)C1. The smallest absolute Gasteiger partial charge is 0.177 e. The maximum absolute atomic E-state index is 11.7. The zero-order chi connectivity index (χ0) is 14.1. The number of nitrogens with one attached hydrogen (secondary N) is 1. The van der Waals surface area contributed by atoms with Gasteiger partial charge in [0.15, 0.2) is 19.7 Å². The van der Waals surface area contributed by atoms with E-state index < -0.39 is 19.7 Å². The first kappa shape index (κ1) is 14.3. The van der Waals surface area contributed by atoms with Crippen LogP contribution >= 0.6 is 0 Å². The standard InChI is InChI=1S/C12H17NO4S2/c1-18(14,15)12-7-3-2-6-11(12)13-10-5-4-8-19(16,17)9-10/h2-3,6-7,10,13H,4-5,8-9H2,1H3. The highest BCUT2D eigenvalue weighted by Crippen LogP contribution is 2.24. The molecule has 0 spiro atoms. The van der Waals surface area contributed by atoms with Gasteiger partial charge in [-0.2, -0.15) is 0 Å². The molecule has 1 aliphatic rings. The zero-order valence-corrected chi connectivity index (χ0v) is 12.3. The molecule has 0 bridgehead atoms. The van der Waals surface area contributed by atoms with Crippen molar-refractivity contribution in [3.63, 3.8) is 0 Å². The molecule has 5 nitrogen and oxygen atoms in total. The Morgan fingerprint density at radius 2 is 1.95 bits per heavy atom. The van der Waals surface area contributed by atoms with E-state index in [1.165, 1.54) is 6.07 Å². The van der Waals surface area contributed by atoms with E-state index in [2.05, 4.69) is 5.32 Å². The van der Waals surface area contributed by atoms with Gasteiger partial charge in [0.2, 0.25) is 0 Å². The molecule has 1 saturated heterocycles. The first-order chi connectivity index (χ1) is 8.78. The summed E-state index contributed by atoms with van der Waals surface area (Å²) >= 11 is 0. The van der Waals surface area contributed by atoms with Gasteiger partial charge in [-0.15, -0.1) is 0 Å². The molecule has 1 unspecified atom stereocenters. The molecule has 1 aromatic rings. The Bertz CT molecular complexity index is 665. The predicted octanol–water partition coefficient (Wildman–Crippen LogP) is 1.08. The van der Waals surface area contributed by atoms with Crippen LogP contribution in [0.25, 0.3) is 0 Å². The summed E-state index contributed by atoms with van der Waals surface area (Å²) in [7, 11) is -6.34. The second-order valence-electron chi connectivity index (χ2n) is 4.87. The molecule has 1 aromatic carbocycles. The number of hydrogen-bond donors (Lipinski definition) is 1.